The summed E-state index contributed by atoms with van der Waals surface area (Å²) < 4.78 is 19.3. The fraction of sp³-hybridized carbons (Fsp3) is 0.0909. The van der Waals surface area contributed by atoms with Crippen LogP contribution in [0.15, 0.2) is 34.1 Å². The molecule has 0 amide bonds. The van der Waals surface area contributed by atoms with Crippen molar-refractivity contribution in [1.82, 2.24) is 0 Å². The minimum absolute atomic E-state index is 0.315. The summed E-state index contributed by atoms with van der Waals surface area (Å²) in [6.45, 7) is 0.437. The molecule has 0 radical (unpaired) electrons. The second-order valence-electron chi connectivity index (χ2n) is 3.18. The third-order valence-electron chi connectivity index (χ3n) is 1.97. The van der Waals surface area contributed by atoms with Crippen molar-refractivity contribution in [1.29, 1.82) is 0 Å². The van der Waals surface area contributed by atoms with E-state index in [0.717, 1.165) is 8.66 Å². The highest BCUT2D eigenvalue weighted by atomic mass is 79.9. The molecule has 0 aliphatic heterocycles. The predicted octanol–water partition coefficient (Wildman–Crippen LogP) is 3.81. The maximum absolute atomic E-state index is 12.8. The molecule has 2 rings (SSSR count). The zero-order chi connectivity index (χ0) is 11.5. The Balaban J connectivity index is 2.04. The average molecular weight is 302 g/mol. The van der Waals surface area contributed by atoms with Gasteiger partial charge in [0.15, 0.2) is 0 Å². The number of benzene rings is 1. The number of nitrogens with two attached hydrogens (primary N) is 1. The Morgan fingerprint density at radius 1 is 1.31 bits per heavy atom. The third kappa shape index (κ3) is 2.74. The van der Waals surface area contributed by atoms with Gasteiger partial charge in [-0.3, -0.25) is 0 Å². The van der Waals surface area contributed by atoms with Crippen molar-refractivity contribution in [3.63, 3.8) is 0 Å². The summed E-state index contributed by atoms with van der Waals surface area (Å²) >= 11 is 4.96. The molecule has 2 aromatic rings. The largest absolute Gasteiger partial charge is 0.486 e. The van der Waals surface area contributed by atoms with Crippen molar-refractivity contribution in [2.75, 3.05) is 5.73 Å². The maximum Gasteiger partial charge on any atom is 0.142 e. The molecule has 0 aliphatic carbocycles. The molecule has 1 heterocycles. The summed E-state index contributed by atoms with van der Waals surface area (Å²) in [5.41, 5.74) is 5.94. The molecular formula is C11H9BrFNOS. The van der Waals surface area contributed by atoms with Gasteiger partial charge in [-0.05, 0) is 40.2 Å². The molecule has 0 unspecified atom stereocenters. The van der Waals surface area contributed by atoms with Crippen LogP contribution in [-0.4, -0.2) is 0 Å². The number of thiophene rings is 1. The van der Waals surface area contributed by atoms with Crippen LogP contribution in [0.5, 0.6) is 5.75 Å². The molecule has 5 heteroatoms. The third-order valence-corrected chi connectivity index (χ3v) is 3.57. The highest BCUT2D eigenvalue weighted by molar-refractivity contribution is 9.11. The summed E-state index contributed by atoms with van der Waals surface area (Å²) in [6, 6.07) is 8.04. The van der Waals surface area contributed by atoms with Gasteiger partial charge in [0.1, 0.15) is 18.2 Å². The molecule has 16 heavy (non-hydrogen) atoms. The van der Waals surface area contributed by atoms with Crippen LogP contribution in [0.25, 0.3) is 0 Å². The highest BCUT2D eigenvalue weighted by Crippen LogP contribution is 2.26. The minimum atomic E-state index is -0.358. The van der Waals surface area contributed by atoms with Gasteiger partial charge in [-0.15, -0.1) is 11.3 Å². The van der Waals surface area contributed by atoms with Gasteiger partial charge in [-0.25, -0.2) is 4.39 Å². The van der Waals surface area contributed by atoms with E-state index in [9.17, 15) is 4.39 Å². The van der Waals surface area contributed by atoms with E-state index in [1.54, 1.807) is 11.3 Å². The van der Waals surface area contributed by atoms with Gasteiger partial charge < -0.3 is 10.5 Å². The molecule has 2 nitrogen and oxygen atoms in total. The van der Waals surface area contributed by atoms with Crippen LogP contribution >= 0.6 is 27.3 Å². The van der Waals surface area contributed by atoms with Crippen molar-refractivity contribution in [3.05, 3.63) is 44.8 Å². The topological polar surface area (TPSA) is 35.2 Å². The number of anilines is 1. The van der Waals surface area contributed by atoms with E-state index in [2.05, 4.69) is 15.9 Å². The Kier molecular flexibility index (Phi) is 3.46. The first-order valence-corrected chi connectivity index (χ1v) is 6.18. The zero-order valence-corrected chi connectivity index (χ0v) is 10.6. The summed E-state index contributed by atoms with van der Waals surface area (Å²) in [4.78, 5) is 1.08. The normalized spacial score (nSPS) is 10.4. The van der Waals surface area contributed by atoms with E-state index in [4.69, 9.17) is 10.5 Å². The van der Waals surface area contributed by atoms with E-state index >= 15 is 0 Å². The van der Waals surface area contributed by atoms with Crippen molar-refractivity contribution in [3.8, 4) is 5.75 Å². The first-order valence-electron chi connectivity index (χ1n) is 4.57. The fourth-order valence-electron chi connectivity index (χ4n) is 1.23. The predicted molar refractivity (Wildman–Crippen MR) is 67.2 cm³/mol. The monoisotopic (exact) mass is 301 g/mol. The quantitative estimate of drug-likeness (QED) is 0.875. The van der Waals surface area contributed by atoms with Crippen molar-refractivity contribution in [2.45, 2.75) is 6.61 Å². The summed E-state index contributed by atoms with van der Waals surface area (Å²) in [5, 5.41) is 0. The molecule has 0 saturated carbocycles. The lowest BCUT2D eigenvalue weighted by Gasteiger charge is -2.07. The average Bonchev–Trinajstić information content (AvgIpc) is 2.63. The number of hydrogen-bond acceptors (Lipinski definition) is 3. The Hall–Kier alpha value is -1.07. The van der Waals surface area contributed by atoms with Crippen molar-refractivity contribution >= 4 is 33.0 Å². The van der Waals surface area contributed by atoms with E-state index in [-0.39, 0.29) is 5.82 Å². The van der Waals surface area contributed by atoms with Gasteiger partial charge >= 0.3 is 0 Å². The second-order valence-corrected chi connectivity index (χ2v) is 5.72. The number of rotatable bonds is 3. The smallest absolute Gasteiger partial charge is 0.142 e. The molecule has 0 bridgehead atoms. The van der Waals surface area contributed by atoms with Crippen LogP contribution in [0.3, 0.4) is 0 Å². The zero-order valence-electron chi connectivity index (χ0n) is 8.24. The molecule has 1 aromatic heterocycles. The molecule has 0 spiro atoms. The van der Waals surface area contributed by atoms with E-state index in [0.29, 0.717) is 18.0 Å². The van der Waals surface area contributed by atoms with Crippen LogP contribution in [-0.2, 0) is 6.61 Å². The van der Waals surface area contributed by atoms with Crippen LogP contribution in [0.4, 0.5) is 10.1 Å². The van der Waals surface area contributed by atoms with E-state index in [1.807, 2.05) is 12.1 Å². The maximum atomic E-state index is 12.8. The van der Waals surface area contributed by atoms with Crippen LogP contribution in [0.2, 0.25) is 0 Å². The van der Waals surface area contributed by atoms with Gasteiger partial charge in [-0.2, -0.15) is 0 Å². The fourth-order valence-corrected chi connectivity index (χ4v) is 2.63. The molecule has 0 saturated heterocycles. The summed E-state index contributed by atoms with van der Waals surface area (Å²) in [7, 11) is 0. The molecule has 2 N–H and O–H groups in total. The standard InChI is InChI=1S/C11H9BrFNOS/c12-11-4-2-8(16-11)6-15-10-3-1-7(13)5-9(10)14/h1-5H,6,14H2. The molecular weight excluding hydrogens is 293 g/mol. The molecule has 0 fully saturated rings. The minimum Gasteiger partial charge on any atom is -0.486 e. The Bertz CT molecular complexity index is 500. The van der Waals surface area contributed by atoms with E-state index < -0.39 is 0 Å². The Labute approximate surface area is 105 Å². The van der Waals surface area contributed by atoms with E-state index in [1.165, 1.54) is 18.2 Å². The molecule has 1 aromatic carbocycles. The molecule has 0 atom stereocenters. The molecule has 84 valence electrons. The summed E-state index contributed by atoms with van der Waals surface area (Å²) in [5.74, 6) is 0.148. The van der Waals surface area contributed by atoms with Gasteiger partial charge in [0.2, 0.25) is 0 Å². The van der Waals surface area contributed by atoms with Crippen LogP contribution in [0.1, 0.15) is 4.88 Å². The number of nitrogen functional groups attached to an aromatic ring is 1. The SMILES string of the molecule is Nc1cc(F)ccc1OCc1ccc(Br)s1. The summed E-state index contributed by atoms with van der Waals surface area (Å²) in [6.07, 6.45) is 0. The molecule has 0 aliphatic rings. The Morgan fingerprint density at radius 3 is 2.75 bits per heavy atom. The first-order chi connectivity index (χ1) is 7.65. The van der Waals surface area contributed by atoms with Crippen molar-refractivity contribution < 1.29 is 9.13 Å². The van der Waals surface area contributed by atoms with Gasteiger partial charge in [-0.1, -0.05) is 0 Å². The number of halogens is 2. The van der Waals surface area contributed by atoms with Crippen LogP contribution < -0.4 is 10.5 Å². The second kappa shape index (κ2) is 4.84. The lowest BCUT2D eigenvalue weighted by molar-refractivity contribution is 0.311. The van der Waals surface area contributed by atoms with Gasteiger partial charge in [0.25, 0.3) is 0 Å². The van der Waals surface area contributed by atoms with Crippen LogP contribution in [0, 0.1) is 5.82 Å². The Morgan fingerprint density at radius 2 is 2.12 bits per heavy atom. The number of hydrogen-bond donors (Lipinski definition) is 1. The first kappa shape index (κ1) is 11.4. The lowest BCUT2D eigenvalue weighted by Crippen LogP contribution is -1.97. The van der Waals surface area contributed by atoms with Crippen molar-refractivity contribution in [2.24, 2.45) is 0 Å². The number of ether oxygens (including phenoxy) is 1. The highest BCUT2D eigenvalue weighted by Gasteiger charge is 2.03. The lowest BCUT2D eigenvalue weighted by atomic mass is 10.3. The van der Waals surface area contributed by atoms with Gasteiger partial charge in [0, 0.05) is 10.9 Å². The van der Waals surface area contributed by atoms with Gasteiger partial charge in [0.05, 0.1) is 9.47 Å².